The van der Waals surface area contributed by atoms with Crippen molar-refractivity contribution < 1.29 is 32.6 Å². The van der Waals surface area contributed by atoms with Crippen LogP contribution in [0.4, 0.5) is 8.78 Å². The number of rotatable bonds is 7. The number of nitrogen functional groups attached to an aromatic ring is 1. The van der Waals surface area contributed by atoms with Crippen molar-refractivity contribution in [2.24, 2.45) is 5.73 Å². The third-order valence-corrected chi connectivity index (χ3v) is 9.14. The predicted molar refractivity (Wildman–Crippen MR) is 154 cm³/mol. The van der Waals surface area contributed by atoms with Crippen molar-refractivity contribution in [3.8, 4) is 11.1 Å². The van der Waals surface area contributed by atoms with E-state index in [-0.39, 0.29) is 41.1 Å². The molecule has 0 saturated carbocycles. The molecule has 6 rings (SSSR count). The van der Waals surface area contributed by atoms with Crippen molar-refractivity contribution in [3.63, 3.8) is 0 Å². The van der Waals surface area contributed by atoms with Crippen LogP contribution in [0, 0.1) is 5.41 Å². The molecular formula is C30H29F2N5O5S. The van der Waals surface area contributed by atoms with Crippen LogP contribution in [0.3, 0.4) is 0 Å². The zero-order valence-corrected chi connectivity index (χ0v) is 23.9. The van der Waals surface area contributed by atoms with Crippen LogP contribution in [-0.2, 0) is 25.0 Å². The Morgan fingerprint density at radius 2 is 1.81 bits per heavy atom. The molecule has 1 aromatic heterocycles. The van der Waals surface area contributed by atoms with E-state index in [1.807, 2.05) is 0 Å². The summed E-state index contributed by atoms with van der Waals surface area (Å²) in [6.07, 6.45) is 0.118. The number of hydrogen-bond donors (Lipinski definition) is 4. The van der Waals surface area contributed by atoms with Gasteiger partial charge in [-0.25, -0.2) is 0 Å². The number of nitrogens with zero attached hydrogens (tertiary/aromatic N) is 1. The summed E-state index contributed by atoms with van der Waals surface area (Å²) < 4.78 is 41.4. The Balaban J connectivity index is 1.15. The topological polar surface area (TPSA) is 147 Å². The summed E-state index contributed by atoms with van der Waals surface area (Å²) in [5, 5.41) is 14.8. The summed E-state index contributed by atoms with van der Waals surface area (Å²) in [4.78, 5) is 42.0. The number of carbonyl (C=O) groups excluding carboxylic acids is 3. The van der Waals surface area contributed by atoms with Crippen molar-refractivity contribution in [2.75, 3.05) is 26.3 Å². The Morgan fingerprint density at radius 3 is 2.53 bits per heavy atom. The summed E-state index contributed by atoms with van der Waals surface area (Å²) in [5.74, 6) is -5.91. The molecule has 3 aliphatic rings. The van der Waals surface area contributed by atoms with Gasteiger partial charge in [-0.3, -0.25) is 19.8 Å². The average molecular weight is 610 g/mol. The summed E-state index contributed by atoms with van der Waals surface area (Å²) in [7, 11) is 0. The number of ether oxygens (including phenoxy) is 2. The lowest BCUT2D eigenvalue weighted by Crippen LogP contribution is -2.49. The molecule has 2 atom stereocenters. The van der Waals surface area contributed by atoms with Crippen LogP contribution < -0.4 is 16.4 Å². The summed E-state index contributed by atoms with van der Waals surface area (Å²) >= 11 is 1.35. The fraction of sp³-hybridized carbons (Fsp3) is 0.333. The van der Waals surface area contributed by atoms with Crippen molar-refractivity contribution >= 4 is 34.9 Å². The number of amidine groups is 1. The van der Waals surface area contributed by atoms with Crippen LogP contribution in [0.1, 0.15) is 51.3 Å². The second-order valence-corrected chi connectivity index (χ2v) is 11.7. The van der Waals surface area contributed by atoms with Crippen molar-refractivity contribution in [3.05, 3.63) is 81.0 Å². The number of amides is 3. The molecule has 43 heavy (non-hydrogen) atoms. The molecule has 1 unspecified atom stereocenters. The van der Waals surface area contributed by atoms with Gasteiger partial charge in [-0.15, -0.1) is 11.3 Å². The summed E-state index contributed by atoms with van der Waals surface area (Å²) in [6, 6.07) is 10.5. The second-order valence-electron chi connectivity index (χ2n) is 10.8. The van der Waals surface area contributed by atoms with Gasteiger partial charge >= 0.3 is 0 Å². The van der Waals surface area contributed by atoms with Gasteiger partial charge in [0.15, 0.2) is 5.79 Å². The molecule has 0 radical (unpaired) electrons. The van der Waals surface area contributed by atoms with Gasteiger partial charge < -0.3 is 30.7 Å². The third kappa shape index (κ3) is 5.17. The Hall–Kier alpha value is -4.20. The largest absolute Gasteiger partial charge is 0.384 e. The minimum atomic E-state index is -3.17. The maximum absolute atomic E-state index is 14.9. The fourth-order valence-electron chi connectivity index (χ4n) is 5.82. The first kappa shape index (κ1) is 28.9. The number of fused-ring (bicyclic) bond motifs is 3. The molecule has 2 aromatic carbocycles. The molecule has 3 heterocycles. The van der Waals surface area contributed by atoms with E-state index >= 15 is 0 Å². The van der Waals surface area contributed by atoms with E-state index in [1.54, 1.807) is 36.6 Å². The van der Waals surface area contributed by atoms with E-state index in [4.69, 9.17) is 20.6 Å². The maximum atomic E-state index is 14.9. The van der Waals surface area contributed by atoms with Crippen molar-refractivity contribution in [1.82, 2.24) is 15.5 Å². The molecule has 3 amide bonds. The lowest BCUT2D eigenvalue weighted by atomic mass is 10.0. The zero-order chi connectivity index (χ0) is 30.5. The molecule has 2 saturated heterocycles. The summed E-state index contributed by atoms with van der Waals surface area (Å²) in [6.45, 7) is 2.02. The quantitative estimate of drug-likeness (QED) is 0.239. The number of carbonyl (C=O) groups is 3. The van der Waals surface area contributed by atoms with Crippen LogP contribution in [0.2, 0.25) is 0 Å². The Bertz CT molecular complexity index is 1640. The molecule has 1 aliphatic carbocycles. The number of thiophene rings is 1. The highest BCUT2D eigenvalue weighted by Crippen LogP contribution is 2.51. The standard InChI is InChI=1S/C30H29F2N5O5S/c1-16(24-11-18(14-43-24)26(33)34)36-28(40)23-12-29(41-8-9-42-29)15-37(23)25(38)13-35-27(39)17-6-7-22-20(10-17)19-4-2-3-5-21(19)30(22,31)32/h2-7,10-11,14,16,23H,8-9,12-13,15H2,1H3,(H3,33,34)(H,35,39)(H,36,40)/t16-,23?/m1/s1. The number of alkyl halides is 2. The maximum Gasteiger partial charge on any atom is 0.299 e. The molecule has 13 heteroatoms. The van der Waals surface area contributed by atoms with Gasteiger partial charge in [-0.05, 0) is 36.2 Å². The van der Waals surface area contributed by atoms with Crippen LogP contribution in [0.15, 0.2) is 53.9 Å². The van der Waals surface area contributed by atoms with Gasteiger partial charge in [0.2, 0.25) is 11.8 Å². The van der Waals surface area contributed by atoms with Crippen LogP contribution >= 0.6 is 11.3 Å². The van der Waals surface area contributed by atoms with Gasteiger partial charge in [-0.2, -0.15) is 8.78 Å². The third-order valence-electron chi connectivity index (χ3n) is 8.02. The van der Waals surface area contributed by atoms with E-state index in [9.17, 15) is 23.2 Å². The zero-order valence-electron chi connectivity index (χ0n) is 23.1. The second kappa shape index (κ2) is 10.8. The Kier molecular flexibility index (Phi) is 7.27. The molecule has 3 aromatic rings. The van der Waals surface area contributed by atoms with E-state index in [0.717, 1.165) is 4.88 Å². The van der Waals surface area contributed by atoms with Gasteiger partial charge in [0.25, 0.3) is 11.8 Å². The first-order valence-corrected chi connectivity index (χ1v) is 14.6. The number of nitrogens with two attached hydrogens (primary N) is 1. The highest BCUT2D eigenvalue weighted by Gasteiger charge is 2.52. The van der Waals surface area contributed by atoms with Gasteiger partial charge in [0, 0.05) is 38.9 Å². The van der Waals surface area contributed by atoms with Crippen LogP contribution in [0.5, 0.6) is 0 Å². The molecule has 2 aliphatic heterocycles. The molecule has 10 nitrogen and oxygen atoms in total. The number of likely N-dealkylation sites (tertiary alicyclic amines) is 1. The monoisotopic (exact) mass is 609 g/mol. The molecule has 1 spiro atoms. The normalized spacial score (nSPS) is 20.0. The van der Waals surface area contributed by atoms with Crippen LogP contribution in [-0.4, -0.2) is 66.6 Å². The minimum absolute atomic E-state index is 0.00632. The first-order valence-electron chi connectivity index (χ1n) is 13.7. The number of hydrogen-bond acceptors (Lipinski definition) is 7. The average Bonchev–Trinajstić information content (AvgIpc) is 3.78. The van der Waals surface area contributed by atoms with Gasteiger partial charge in [0.05, 0.1) is 32.3 Å². The Morgan fingerprint density at radius 1 is 1.09 bits per heavy atom. The number of benzene rings is 2. The number of nitrogens with one attached hydrogen (secondary N) is 3. The fourth-order valence-corrected chi connectivity index (χ4v) is 6.74. The SMILES string of the molecule is C[C@@H](NC(=O)C1CC2(CN1C(=O)CNC(=O)c1ccc3c(c1)-c1ccccc1C3(F)F)OCCO2)c1cc(C(=N)N)cs1. The highest BCUT2D eigenvalue weighted by atomic mass is 32.1. The first-order chi connectivity index (χ1) is 20.5. The van der Waals surface area contributed by atoms with E-state index in [1.165, 1.54) is 40.5 Å². The molecule has 0 bridgehead atoms. The van der Waals surface area contributed by atoms with E-state index in [2.05, 4.69) is 10.6 Å². The lowest BCUT2D eigenvalue weighted by Gasteiger charge is -2.25. The van der Waals surface area contributed by atoms with Gasteiger partial charge in [-0.1, -0.05) is 30.3 Å². The minimum Gasteiger partial charge on any atom is -0.384 e. The molecule has 2 fully saturated rings. The predicted octanol–water partition coefficient (Wildman–Crippen LogP) is 3.10. The summed E-state index contributed by atoms with van der Waals surface area (Å²) in [5.41, 5.74) is 6.57. The molecular weight excluding hydrogens is 580 g/mol. The van der Waals surface area contributed by atoms with Crippen molar-refractivity contribution in [2.45, 2.75) is 37.1 Å². The van der Waals surface area contributed by atoms with E-state index in [0.29, 0.717) is 24.3 Å². The van der Waals surface area contributed by atoms with Crippen molar-refractivity contribution in [1.29, 1.82) is 5.41 Å². The molecule has 224 valence electrons. The smallest absolute Gasteiger partial charge is 0.299 e. The highest BCUT2D eigenvalue weighted by molar-refractivity contribution is 7.10. The molecule has 5 N–H and O–H groups in total. The van der Waals surface area contributed by atoms with Gasteiger partial charge in [0.1, 0.15) is 11.9 Å². The Labute approximate surface area is 249 Å². The van der Waals surface area contributed by atoms with Crippen LogP contribution in [0.25, 0.3) is 11.1 Å². The van der Waals surface area contributed by atoms with E-state index < -0.39 is 48.1 Å². The number of halogens is 2. The lowest BCUT2D eigenvalue weighted by molar-refractivity contribution is -0.152.